The van der Waals surface area contributed by atoms with Crippen LogP contribution in [-0.2, 0) is 30.4 Å². The first-order chi connectivity index (χ1) is 33.3. The van der Waals surface area contributed by atoms with Crippen LogP contribution >= 0.6 is 34.8 Å². The molecule has 17 heteroatoms. The van der Waals surface area contributed by atoms with E-state index in [1.165, 1.54) is 27.8 Å². The number of carbonyl (C=O) groups is 5. The maximum Gasteiger partial charge on any atom is 0.305 e. The average Bonchev–Trinajstić information content (AvgIpc) is 3.30. The Morgan fingerprint density at radius 2 is 1.47 bits per heavy atom. The number of ether oxygens (including phenoxy) is 1. The highest BCUT2D eigenvalue weighted by Crippen LogP contribution is 2.38. The van der Waals surface area contributed by atoms with Gasteiger partial charge < -0.3 is 30.2 Å². The Morgan fingerprint density at radius 3 is 2.17 bits per heavy atom. The summed E-state index contributed by atoms with van der Waals surface area (Å²) in [7, 11) is 0. The maximum atomic E-state index is 14.5. The molecule has 3 amide bonds. The predicted molar refractivity (Wildman–Crippen MR) is 268 cm³/mol. The second-order valence-electron chi connectivity index (χ2n) is 17.6. The topological polar surface area (TPSA) is 197 Å². The van der Waals surface area contributed by atoms with Crippen LogP contribution in [0.2, 0.25) is 15.1 Å². The van der Waals surface area contributed by atoms with E-state index in [1.807, 2.05) is 44.2 Å². The van der Waals surface area contributed by atoms with E-state index in [1.54, 1.807) is 80.8 Å². The Balaban J connectivity index is 1.11. The molecule has 4 aromatic carbocycles. The number of hydrogen-bond donors (Lipinski definition) is 4. The highest BCUT2D eigenvalue weighted by atomic mass is 35.5. The molecule has 0 aliphatic carbocycles. The summed E-state index contributed by atoms with van der Waals surface area (Å²) in [5, 5.41) is 26.7. The minimum atomic E-state index is -1.17. The van der Waals surface area contributed by atoms with Crippen LogP contribution in [0, 0.1) is 19.8 Å². The molecule has 6 aromatic rings. The molecule has 4 N–H and O–H groups in total. The molecule has 2 aromatic heterocycles. The van der Waals surface area contributed by atoms with E-state index in [4.69, 9.17) is 39.5 Å². The van der Waals surface area contributed by atoms with Crippen LogP contribution in [0.25, 0.3) is 22.3 Å². The van der Waals surface area contributed by atoms with E-state index in [-0.39, 0.29) is 12.3 Å². The van der Waals surface area contributed by atoms with Crippen molar-refractivity contribution >= 4 is 70.2 Å². The number of carbonyl (C=O) groups excluding carboxylic acids is 3. The van der Waals surface area contributed by atoms with Gasteiger partial charge in [0.15, 0.2) is 6.10 Å². The van der Waals surface area contributed by atoms with E-state index in [9.17, 15) is 39.0 Å². The van der Waals surface area contributed by atoms with Gasteiger partial charge >= 0.3 is 11.9 Å². The quantitative estimate of drug-likeness (QED) is 0.0643. The summed E-state index contributed by atoms with van der Waals surface area (Å²) in [6, 6.07) is 24.8. The molecule has 0 bridgehead atoms. The lowest BCUT2D eigenvalue weighted by Crippen LogP contribution is -2.49. The molecule has 362 valence electrons. The van der Waals surface area contributed by atoms with Crippen LogP contribution in [0.5, 0.6) is 5.75 Å². The van der Waals surface area contributed by atoms with Crippen LogP contribution < -0.4 is 25.8 Å². The summed E-state index contributed by atoms with van der Waals surface area (Å²) in [6.45, 7) is 6.86. The maximum absolute atomic E-state index is 14.5. The van der Waals surface area contributed by atoms with Gasteiger partial charge in [-0.2, -0.15) is 0 Å². The highest BCUT2D eigenvalue weighted by molar-refractivity contribution is 6.39. The van der Waals surface area contributed by atoms with Crippen LogP contribution in [0.15, 0.2) is 120 Å². The summed E-state index contributed by atoms with van der Waals surface area (Å²) >= 11 is 19.2. The smallest absolute Gasteiger partial charge is 0.305 e. The van der Waals surface area contributed by atoms with Crippen LogP contribution in [0.4, 0.5) is 5.69 Å². The number of aromatic nitrogens is 2. The summed E-state index contributed by atoms with van der Waals surface area (Å²) < 4.78 is 7.07. The van der Waals surface area contributed by atoms with Crippen molar-refractivity contribution in [1.29, 1.82) is 0 Å². The summed E-state index contributed by atoms with van der Waals surface area (Å²) in [5.74, 6) is -3.71. The van der Waals surface area contributed by atoms with Gasteiger partial charge in [0.1, 0.15) is 18.3 Å². The Kier molecular flexibility index (Phi) is 16.1. The second-order valence-corrected chi connectivity index (χ2v) is 18.8. The molecule has 7 rings (SSSR count). The molecular weight excluding hydrogens is 957 g/mol. The van der Waals surface area contributed by atoms with Gasteiger partial charge in [0.25, 0.3) is 11.5 Å². The van der Waals surface area contributed by atoms with Crippen molar-refractivity contribution < 1.29 is 38.9 Å². The zero-order chi connectivity index (χ0) is 50.4. The largest absolute Gasteiger partial charge is 0.481 e. The van der Waals surface area contributed by atoms with Crippen molar-refractivity contribution in [1.82, 2.24) is 20.2 Å². The van der Waals surface area contributed by atoms with E-state index in [2.05, 4.69) is 15.6 Å². The molecule has 1 aliphatic heterocycles. The molecule has 14 nitrogen and oxygen atoms in total. The zero-order valence-electron chi connectivity index (χ0n) is 38.6. The van der Waals surface area contributed by atoms with Gasteiger partial charge in [-0.1, -0.05) is 84.2 Å². The van der Waals surface area contributed by atoms with Crippen LogP contribution in [-0.4, -0.2) is 62.1 Å². The third-order valence-electron chi connectivity index (χ3n) is 12.1. The molecule has 70 heavy (non-hydrogen) atoms. The number of aryl methyl sites for hydroxylation is 2. The van der Waals surface area contributed by atoms with E-state index < -0.39 is 78.8 Å². The van der Waals surface area contributed by atoms with Crippen molar-refractivity contribution in [2.45, 2.75) is 77.6 Å². The van der Waals surface area contributed by atoms with Gasteiger partial charge in [0.05, 0.1) is 30.6 Å². The van der Waals surface area contributed by atoms with E-state index in [0.717, 1.165) is 22.3 Å². The number of rotatable bonds is 18. The molecule has 0 spiro atoms. The molecule has 5 atom stereocenters. The van der Waals surface area contributed by atoms with Gasteiger partial charge in [-0.25, -0.2) is 0 Å². The van der Waals surface area contributed by atoms with Crippen molar-refractivity contribution in [3.63, 3.8) is 0 Å². The number of anilines is 1. The molecule has 0 fully saturated rings. The third-order valence-corrected chi connectivity index (χ3v) is 13.0. The standard InChI is InChI=1S/C53H50Cl3N5O9/c1-29-15-16-60(48(63)19-29)45(52(68)59-43(25-50(66)67)36-22-37(27-57-26-36)51-40(55)9-6-10-41(51)56)18-30(2)17-33-12-11-31(3)39(20-33)34-7-5-8-35(21-34)42(24-49(64)65)58-47(62)28-61-44-23-38(54)13-14-46(44)70-32(4)53(61)69/h5-16,19-23,26-27,30,32,42-43,45H,17-18,24-25,28H2,1-4H3,(H,58,62)(H,59,68)(H,64,65)(H,66,67)/t30?,32?,42-,43+,45?/m0/s1. The van der Waals surface area contributed by atoms with Gasteiger partial charge in [-0.05, 0) is 127 Å². The van der Waals surface area contributed by atoms with Gasteiger partial charge in [0, 0.05) is 50.9 Å². The van der Waals surface area contributed by atoms with E-state index >= 15 is 0 Å². The number of carboxylic acid groups (broad SMARTS) is 2. The number of fused-ring (bicyclic) bond motifs is 1. The number of hydrogen-bond acceptors (Lipinski definition) is 8. The number of carboxylic acids is 2. The molecular formula is C53H50Cl3N5O9. The average molecular weight is 1010 g/mol. The van der Waals surface area contributed by atoms with Crippen molar-refractivity contribution in [3.8, 4) is 28.0 Å². The fourth-order valence-corrected chi connectivity index (χ4v) is 9.48. The lowest BCUT2D eigenvalue weighted by molar-refractivity contribution is -0.139. The first-order valence-electron chi connectivity index (χ1n) is 22.4. The Bertz CT molecular complexity index is 3030. The number of benzene rings is 4. The van der Waals surface area contributed by atoms with Crippen molar-refractivity contribution in [2.24, 2.45) is 5.92 Å². The monoisotopic (exact) mass is 1010 g/mol. The number of halogens is 3. The fraction of sp³-hybridized carbons (Fsp3) is 0.264. The summed E-state index contributed by atoms with van der Waals surface area (Å²) in [5.41, 5.74) is 6.06. The molecule has 3 heterocycles. The molecule has 0 radical (unpaired) electrons. The lowest BCUT2D eigenvalue weighted by Gasteiger charge is -2.33. The Morgan fingerprint density at radius 1 is 0.786 bits per heavy atom. The first-order valence-corrected chi connectivity index (χ1v) is 23.6. The number of amides is 3. The Hall–Kier alpha value is -7.00. The van der Waals surface area contributed by atoms with E-state index in [0.29, 0.717) is 60.7 Å². The fourth-order valence-electron chi connectivity index (χ4n) is 8.70. The zero-order valence-corrected chi connectivity index (χ0v) is 40.9. The molecule has 3 unspecified atom stereocenters. The van der Waals surface area contributed by atoms with Crippen molar-refractivity contribution in [2.75, 3.05) is 11.4 Å². The van der Waals surface area contributed by atoms with Crippen molar-refractivity contribution in [3.05, 3.63) is 169 Å². The molecule has 0 saturated carbocycles. The van der Waals surface area contributed by atoms with Gasteiger partial charge in [-0.3, -0.25) is 38.7 Å². The predicted octanol–water partition coefficient (Wildman–Crippen LogP) is 9.74. The lowest BCUT2D eigenvalue weighted by atomic mass is 9.89. The number of aliphatic carboxylic acids is 2. The third kappa shape index (κ3) is 12.2. The van der Waals surface area contributed by atoms with Crippen LogP contribution in [0.1, 0.15) is 79.1 Å². The first kappa shape index (κ1) is 50.9. The minimum absolute atomic E-state index is 0.199. The summed E-state index contributed by atoms with van der Waals surface area (Å²) in [4.78, 5) is 84.8. The normalized spacial score (nSPS) is 14.9. The number of pyridine rings is 2. The number of nitrogens with one attached hydrogen (secondary N) is 2. The molecule has 0 saturated heterocycles. The minimum Gasteiger partial charge on any atom is -0.481 e. The second kappa shape index (κ2) is 22.2. The summed E-state index contributed by atoms with van der Waals surface area (Å²) in [6.07, 6.45) is 3.50. The van der Waals surface area contributed by atoms with Gasteiger partial charge in [-0.15, -0.1) is 0 Å². The van der Waals surface area contributed by atoms with Gasteiger partial charge in [0.2, 0.25) is 11.8 Å². The number of nitrogens with zero attached hydrogens (tertiary/aromatic N) is 3. The van der Waals surface area contributed by atoms with Crippen LogP contribution in [0.3, 0.4) is 0 Å². The molecule has 1 aliphatic rings. The Labute approximate surface area is 419 Å². The SMILES string of the molecule is Cc1ccn(C(CC(C)Cc2ccc(C)c(-c3cccc([C@H](CC(=O)O)NC(=O)CN4C(=O)C(C)Oc5ccc(Cl)cc54)c3)c2)C(=O)N[C@H](CC(=O)O)c2cncc(-c3c(Cl)cccc3Cl)c2)c(=O)c1. The highest BCUT2D eigenvalue weighted by Gasteiger charge is 2.34.